The van der Waals surface area contributed by atoms with Gasteiger partial charge in [-0.15, -0.1) is 0 Å². The van der Waals surface area contributed by atoms with Crippen LogP contribution in [0.2, 0.25) is 0 Å². The zero-order valence-corrected chi connectivity index (χ0v) is 16.8. The van der Waals surface area contributed by atoms with E-state index in [1.807, 2.05) is 0 Å². The zero-order chi connectivity index (χ0) is 21.7. The lowest BCUT2D eigenvalue weighted by molar-refractivity contribution is -0.0498. The highest BCUT2D eigenvalue weighted by Crippen LogP contribution is 2.26. The largest absolute Gasteiger partial charge is 0.496 e. The fourth-order valence-corrected chi connectivity index (χ4v) is 4.31. The Morgan fingerprint density at radius 3 is 2.40 bits per heavy atom. The standard InChI is InChI=1S/C19H20F2N2O6S/c1-27-17-7-6-15(30(25,26)23-8-10-28-11-9-23)12-16(17)18(24)22-13-2-4-14(5-3-13)29-19(20)21/h2-7,12,19H,8-11H2,1H3,(H,22,24). The molecule has 0 saturated carbocycles. The van der Waals surface area contributed by atoms with Gasteiger partial charge in [0.15, 0.2) is 0 Å². The third kappa shape index (κ3) is 5.04. The number of carbonyl (C=O) groups excluding carboxylic acids is 1. The zero-order valence-electron chi connectivity index (χ0n) is 16.0. The number of hydrogen-bond donors (Lipinski definition) is 1. The molecule has 30 heavy (non-hydrogen) atoms. The van der Waals surface area contributed by atoms with E-state index in [2.05, 4.69) is 10.1 Å². The van der Waals surface area contributed by atoms with Gasteiger partial charge in [-0.05, 0) is 42.5 Å². The maximum absolute atomic E-state index is 12.9. The summed E-state index contributed by atoms with van der Waals surface area (Å²) >= 11 is 0. The fourth-order valence-electron chi connectivity index (χ4n) is 2.88. The van der Waals surface area contributed by atoms with Gasteiger partial charge in [-0.3, -0.25) is 4.79 Å². The Morgan fingerprint density at radius 2 is 1.80 bits per heavy atom. The quantitative estimate of drug-likeness (QED) is 0.709. The van der Waals surface area contributed by atoms with E-state index in [0.29, 0.717) is 18.9 Å². The van der Waals surface area contributed by atoms with Gasteiger partial charge in [0, 0.05) is 18.8 Å². The number of alkyl halides is 2. The van der Waals surface area contributed by atoms with E-state index >= 15 is 0 Å². The van der Waals surface area contributed by atoms with E-state index in [1.54, 1.807) is 0 Å². The van der Waals surface area contributed by atoms with Crippen molar-refractivity contribution in [2.24, 2.45) is 0 Å². The Morgan fingerprint density at radius 1 is 1.13 bits per heavy atom. The Bertz CT molecular complexity index is 993. The molecule has 1 N–H and O–H groups in total. The van der Waals surface area contributed by atoms with Gasteiger partial charge in [0.05, 0.1) is 30.8 Å². The Labute approximate surface area is 172 Å². The summed E-state index contributed by atoms with van der Waals surface area (Å²) in [4.78, 5) is 12.7. The van der Waals surface area contributed by atoms with Crippen LogP contribution in [0.1, 0.15) is 10.4 Å². The van der Waals surface area contributed by atoms with Gasteiger partial charge in [-0.1, -0.05) is 0 Å². The van der Waals surface area contributed by atoms with Gasteiger partial charge in [0.1, 0.15) is 11.5 Å². The van der Waals surface area contributed by atoms with Crippen molar-refractivity contribution in [2.45, 2.75) is 11.5 Å². The summed E-state index contributed by atoms with van der Waals surface area (Å²) in [5.74, 6) is -0.487. The summed E-state index contributed by atoms with van der Waals surface area (Å²) in [7, 11) is -2.44. The number of anilines is 1. The highest BCUT2D eigenvalue weighted by atomic mass is 32.2. The molecule has 0 atom stereocenters. The first kappa shape index (κ1) is 21.9. The van der Waals surface area contributed by atoms with Crippen molar-refractivity contribution in [3.05, 3.63) is 48.0 Å². The number of carbonyl (C=O) groups is 1. The van der Waals surface area contributed by atoms with Crippen molar-refractivity contribution in [3.8, 4) is 11.5 Å². The van der Waals surface area contributed by atoms with Crippen LogP contribution in [0.15, 0.2) is 47.4 Å². The number of amides is 1. The van der Waals surface area contributed by atoms with E-state index in [0.717, 1.165) is 0 Å². The molecule has 0 spiro atoms. The third-order valence-electron chi connectivity index (χ3n) is 4.36. The van der Waals surface area contributed by atoms with Crippen LogP contribution in [0.25, 0.3) is 0 Å². The molecule has 0 aromatic heterocycles. The first-order chi connectivity index (χ1) is 14.3. The smallest absolute Gasteiger partial charge is 0.387 e. The monoisotopic (exact) mass is 442 g/mol. The van der Waals surface area contributed by atoms with Gasteiger partial charge in [-0.25, -0.2) is 8.42 Å². The van der Waals surface area contributed by atoms with Crippen LogP contribution in [-0.4, -0.2) is 58.7 Å². The van der Waals surface area contributed by atoms with Crippen LogP contribution in [0, 0.1) is 0 Å². The Hall–Kier alpha value is -2.76. The van der Waals surface area contributed by atoms with Crippen molar-refractivity contribution < 1.29 is 36.2 Å². The average Bonchev–Trinajstić information content (AvgIpc) is 2.75. The van der Waals surface area contributed by atoms with Crippen LogP contribution < -0.4 is 14.8 Å². The number of methoxy groups -OCH3 is 1. The van der Waals surface area contributed by atoms with E-state index in [4.69, 9.17) is 9.47 Å². The van der Waals surface area contributed by atoms with Crippen LogP contribution >= 0.6 is 0 Å². The van der Waals surface area contributed by atoms with Gasteiger partial charge in [0.25, 0.3) is 5.91 Å². The number of benzene rings is 2. The molecule has 0 unspecified atom stereocenters. The molecule has 0 aliphatic carbocycles. The first-order valence-corrected chi connectivity index (χ1v) is 10.4. The van der Waals surface area contributed by atoms with Crippen molar-refractivity contribution in [3.63, 3.8) is 0 Å². The number of nitrogens with one attached hydrogen (secondary N) is 1. The van der Waals surface area contributed by atoms with Gasteiger partial charge in [0.2, 0.25) is 10.0 Å². The molecule has 2 aromatic rings. The number of rotatable bonds is 7. The SMILES string of the molecule is COc1ccc(S(=O)(=O)N2CCOCC2)cc1C(=O)Nc1ccc(OC(F)F)cc1. The average molecular weight is 442 g/mol. The summed E-state index contributed by atoms with van der Waals surface area (Å²) in [6.45, 7) is -1.90. The molecule has 1 aliphatic heterocycles. The number of nitrogens with zero attached hydrogens (tertiary/aromatic N) is 1. The lowest BCUT2D eigenvalue weighted by Crippen LogP contribution is -2.40. The second kappa shape index (κ2) is 9.37. The molecule has 1 fully saturated rings. The second-order valence-electron chi connectivity index (χ2n) is 6.24. The van der Waals surface area contributed by atoms with Crippen molar-refractivity contribution in [1.29, 1.82) is 0 Å². The van der Waals surface area contributed by atoms with E-state index in [-0.39, 0.29) is 35.0 Å². The van der Waals surface area contributed by atoms with Gasteiger partial charge < -0.3 is 19.5 Å². The normalized spacial score (nSPS) is 15.1. The number of sulfonamides is 1. The molecule has 162 valence electrons. The molecule has 1 aliphatic rings. The topological polar surface area (TPSA) is 94.2 Å². The maximum Gasteiger partial charge on any atom is 0.387 e. The molecule has 1 saturated heterocycles. The van der Waals surface area contributed by atoms with E-state index in [1.165, 1.54) is 53.9 Å². The summed E-state index contributed by atoms with van der Waals surface area (Å²) in [5, 5.41) is 2.58. The lowest BCUT2D eigenvalue weighted by Gasteiger charge is -2.26. The maximum atomic E-state index is 12.9. The van der Waals surface area contributed by atoms with Crippen molar-refractivity contribution >= 4 is 21.6 Å². The Balaban J connectivity index is 1.83. The molecule has 0 bridgehead atoms. The summed E-state index contributed by atoms with van der Waals surface area (Å²) in [6, 6.07) is 9.34. The van der Waals surface area contributed by atoms with E-state index in [9.17, 15) is 22.0 Å². The summed E-state index contributed by atoms with van der Waals surface area (Å²) in [6.07, 6.45) is 0. The molecule has 1 amide bonds. The number of halogens is 2. The summed E-state index contributed by atoms with van der Waals surface area (Å²) < 4.78 is 66.1. The molecule has 1 heterocycles. The second-order valence-corrected chi connectivity index (χ2v) is 8.17. The van der Waals surface area contributed by atoms with Crippen LogP contribution in [0.3, 0.4) is 0 Å². The highest BCUT2D eigenvalue weighted by molar-refractivity contribution is 7.89. The predicted molar refractivity (Wildman–Crippen MR) is 104 cm³/mol. The Kier molecular flexibility index (Phi) is 6.85. The molecule has 8 nitrogen and oxygen atoms in total. The minimum atomic E-state index is -3.80. The number of morpholine rings is 1. The van der Waals surface area contributed by atoms with Crippen LogP contribution in [0.4, 0.5) is 14.5 Å². The van der Waals surface area contributed by atoms with Crippen molar-refractivity contribution in [2.75, 3.05) is 38.7 Å². The fraction of sp³-hybridized carbons (Fsp3) is 0.316. The minimum absolute atomic E-state index is 0.0136. The van der Waals surface area contributed by atoms with Crippen molar-refractivity contribution in [1.82, 2.24) is 4.31 Å². The highest BCUT2D eigenvalue weighted by Gasteiger charge is 2.28. The van der Waals surface area contributed by atoms with Gasteiger partial charge >= 0.3 is 6.61 Å². The molecular weight excluding hydrogens is 422 g/mol. The predicted octanol–water partition coefficient (Wildman–Crippen LogP) is 2.57. The first-order valence-electron chi connectivity index (χ1n) is 8.93. The van der Waals surface area contributed by atoms with Gasteiger partial charge in [-0.2, -0.15) is 13.1 Å². The third-order valence-corrected chi connectivity index (χ3v) is 6.26. The molecule has 0 radical (unpaired) electrons. The number of hydrogen-bond acceptors (Lipinski definition) is 6. The lowest BCUT2D eigenvalue weighted by atomic mass is 10.2. The van der Waals surface area contributed by atoms with E-state index < -0.39 is 22.5 Å². The minimum Gasteiger partial charge on any atom is -0.496 e. The molecule has 2 aromatic carbocycles. The van der Waals surface area contributed by atoms with Crippen LogP contribution in [-0.2, 0) is 14.8 Å². The molecule has 3 rings (SSSR count). The molecular formula is C19H20F2N2O6S. The number of ether oxygens (including phenoxy) is 3. The summed E-state index contributed by atoms with van der Waals surface area (Å²) in [5.41, 5.74) is 0.324. The van der Waals surface area contributed by atoms with Crippen LogP contribution in [0.5, 0.6) is 11.5 Å². The molecule has 11 heteroatoms.